The number of hydrogen-bond donors (Lipinski definition) is 2. The van der Waals surface area contributed by atoms with E-state index < -0.39 is 0 Å². The van der Waals surface area contributed by atoms with Crippen LogP contribution in [0.3, 0.4) is 0 Å². The molecule has 0 saturated carbocycles. The smallest absolute Gasteiger partial charge is 0.267 e. The van der Waals surface area contributed by atoms with E-state index >= 15 is 0 Å². The van der Waals surface area contributed by atoms with Crippen molar-refractivity contribution in [1.82, 2.24) is 4.98 Å². The molecule has 0 spiro atoms. The van der Waals surface area contributed by atoms with Gasteiger partial charge in [0.2, 0.25) is 0 Å². The summed E-state index contributed by atoms with van der Waals surface area (Å²) in [5, 5.41) is 6.72. The van der Waals surface area contributed by atoms with Gasteiger partial charge in [-0.05, 0) is 49.2 Å². The van der Waals surface area contributed by atoms with Gasteiger partial charge in [-0.1, -0.05) is 36.5 Å². The fourth-order valence-electron chi connectivity index (χ4n) is 2.45. The Morgan fingerprint density at radius 2 is 1.88 bits per heavy atom. The van der Waals surface area contributed by atoms with Crippen LogP contribution in [0.1, 0.15) is 27.9 Å². The van der Waals surface area contributed by atoms with Gasteiger partial charge in [-0.15, -0.1) is 0 Å². The van der Waals surface area contributed by atoms with Gasteiger partial charge in [-0.25, -0.2) is 9.37 Å². The lowest BCUT2D eigenvalue weighted by Gasteiger charge is -2.07. The summed E-state index contributed by atoms with van der Waals surface area (Å²) in [6.07, 6.45) is 0.908. The Hall–Kier alpha value is -2.73. The molecule has 0 bridgehead atoms. The Kier molecular flexibility index (Phi) is 5.09. The van der Waals surface area contributed by atoms with Crippen molar-refractivity contribution in [3.8, 4) is 0 Å². The molecule has 1 amide bonds. The first-order valence-corrected chi connectivity index (χ1v) is 8.77. The molecule has 1 aromatic heterocycles. The first kappa shape index (κ1) is 17.1. The summed E-state index contributed by atoms with van der Waals surface area (Å²) in [7, 11) is 0. The summed E-state index contributed by atoms with van der Waals surface area (Å²) >= 11 is 1.30. The monoisotopic (exact) mass is 355 g/mol. The number of carbonyl (C=O) groups is 1. The van der Waals surface area contributed by atoms with Crippen molar-refractivity contribution in [3.05, 3.63) is 70.5 Å². The molecule has 25 heavy (non-hydrogen) atoms. The lowest BCUT2D eigenvalue weighted by Crippen LogP contribution is -2.11. The molecular formula is C19H18FN3OS. The molecule has 2 N–H and O–H groups in total. The quantitative estimate of drug-likeness (QED) is 0.665. The van der Waals surface area contributed by atoms with E-state index in [-0.39, 0.29) is 11.7 Å². The molecule has 3 rings (SSSR count). The van der Waals surface area contributed by atoms with Gasteiger partial charge < -0.3 is 10.6 Å². The SMILES string of the molecule is CCc1ccccc1Nc1nc(C)c(C(=O)Nc2ccc(F)cc2)s1. The van der Waals surface area contributed by atoms with Gasteiger partial charge >= 0.3 is 0 Å². The largest absolute Gasteiger partial charge is 0.331 e. The number of halogens is 1. The number of anilines is 3. The second kappa shape index (κ2) is 7.44. The minimum absolute atomic E-state index is 0.251. The topological polar surface area (TPSA) is 54.0 Å². The molecule has 0 saturated heterocycles. The number of hydrogen-bond acceptors (Lipinski definition) is 4. The zero-order valence-corrected chi connectivity index (χ0v) is 14.8. The number of aryl methyl sites for hydroxylation is 2. The number of nitrogens with one attached hydrogen (secondary N) is 2. The number of aromatic nitrogens is 1. The van der Waals surface area contributed by atoms with Crippen LogP contribution in [0.2, 0.25) is 0 Å². The maximum atomic E-state index is 13.0. The minimum atomic E-state index is -0.340. The van der Waals surface area contributed by atoms with E-state index in [1.807, 2.05) is 18.2 Å². The van der Waals surface area contributed by atoms with Crippen LogP contribution in [0.15, 0.2) is 48.5 Å². The molecule has 0 radical (unpaired) electrons. The third kappa shape index (κ3) is 4.03. The Labute approximate surface area is 149 Å². The van der Waals surface area contributed by atoms with E-state index in [9.17, 15) is 9.18 Å². The normalized spacial score (nSPS) is 10.5. The molecule has 4 nitrogen and oxygen atoms in total. The first-order chi connectivity index (χ1) is 12.1. The average Bonchev–Trinajstić information content (AvgIpc) is 2.98. The Balaban J connectivity index is 1.77. The van der Waals surface area contributed by atoms with Gasteiger partial charge in [0.25, 0.3) is 5.91 Å². The molecule has 1 heterocycles. The van der Waals surface area contributed by atoms with Crippen molar-refractivity contribution in [2.75, 3.05) is 10.6 Å². The highest BCUT2D eigenvalue weighted by Crippen LogP contribution is 2.28. The molecule has 0 aliphatic heterocycles. The number of benzene rings is 2. The third-order valence-electron chi connectivity index (χ3n) is 3.74. The standard InChI is InChI=1S/C19H18FN3OS/c1-3-13-6-4-5-7-16(13)23-19-21-12(2)17(25-19)18(24)22-15-10-8-14(20)9-11-15/h4-11H,3H2,1-2H3,(H,21,23)(H,22,24). The summed E-state index contributed by atoms with van der Waals surface area (Å²) in [5.74, 6) is -0.591. The van der Waals surface area contributed by atoms with E-state index in [4.69, 9.17) is 0 Å². The van der Waals surface area contributed by atoms with Gasteiger partial charge in [-0.2, -0.15) is 0 Å². The van der Waals surface area contributed by atoms with Crippen LogP contribution in [0.25, 0.3) is 0 Å². The van der Waals surface area contributed by atoms with Gasteiger partial charge in [0, 0.05) is 11.4 Å². The molecule has 0 unspecified atom stereocenters. The maximum Gasteiger partial charge on any atom is 0.267 e. The van der Waals surface area contributed by atoms with Crippen LogP contribution in [-0.4, -0.2) is 10.9 Å². The number of carbonyl (C=O) groups excluding carboxylic acids is 1. The van der Waals surface area contributed by atoms with Crippen molar-refractivity contribution >= 4 is 33.8 Å². The van der Waals surface area contributed by atoms with Gasteiger partial charge in [-0.3, -0.25) is 4.79 Å². The Morgan fingerprint density at radius 3 is 2.60 bits per heavy atom. The van der Waals surface area contributed by atoms with E-state index in [1.165, 1.54) is 41.2 Å². The summed E-state index contributed by atoms with van der Waals surface area (Å²) in [4.78, 5) is 17.4. The summed E-state index contributed by atoms with van der Waals surface area (Å²) in [5.41, 5.74) is 3.38. The molecular weight excluding hydrogens is 337 g/mol. The number of para-hydroxylation sites is 1. The van der Waals surface area contributed by atoms with Crippen LogP contribution in [0.5, 0.6) is 0 Å². The minimum Gasteiger partial charge on any atom is -0.331 e. The predicted octanol–water partition coefficient (Wildman–Crippen LogP) is 5.15. The van der Waals surface area contributed by atoms with E-state index in [0.717, 1.165) is 12.1 Å². The summed E-state index contributed by atoms with van der Waals surface area (Å²) in [6, 6.07) is 13.7. The van der Waals surface area contributed by atoms with Crippen molar-refractivity contribution < 1.29 is 9.18 Å². The van der Waals surface area contributed by atoms with Crippen molar-refractivity contribution in [2.45, 2.75) is 20.3 Å². The Bertz CT molecular complexity index is 890. The van der Waals surface area contributed by atoms with Gasteiger partial charge in [0.1, 0.15) is 10.7 Å². The van der Waals surface area contributed by atoms with Crippen LogP contribution in [0, 0.1) is 12.7 Å². The molecule has 0 atom stereocenters. The second-order valence-corrected chi connectivity index (χ2v) is 6.53. The number of thiazole rings is 1. The van der Waals surface area contributed by atoms with Crippen molar-refractivity contribution in [1.29, 1.82) is 0 Å². The lowest BCUT2D eigenvalue weighted by atomic mass is 10.1. The number of rotatable bonds is 5. The van der Waals surface area contributed by atoms with Crippen molar-refractivity contribution in [3.63, 3.8) is 0 Å². The van der Waals surface area contributed by atoms with Crippen LogP contribution in [-0.2, 0) is 6.42 Å². The lowest BCUT2D eigenvalue weighted by molar-refractivity contribution is 0.103. The number of amides is 1. The number of nitrogens with zero attached hydrogens (tertiary/aromatic N) is 1. The van der Waals surface area contributed by atoms with Gasteiger partial charge in [0.15, 0.2) is 5.13 Å². The Morgan fingerprint density at radius 1 is 1.16 bits per heavy atom. The second-order valence-electron chi connectivity index (χ2n) is 5.53. The third-order valence-corrected chi connectivity index (χ3v) is 4.82. The zero-order chi connectivity index (χ0) is 17.8. The molecule has 0 aliphatic carbocycles. The molecule has 128 valence electrons. The van der Waals surface area contributed by atoms with Crippen LogP contribution in [0.4, 0.5) is 20.9 Å². The van der Waals surface area contributed by atoms with Crippen LogP contribution >= 0.6 is 11.3 Å². The predicted molar refractivity (Wildman–Crippen MR) is 100 cm³/mol. The summed E-state index contributed by atoms with van der Waals surface area (Å²) < 4.78 is 13.0. The molecule has 6 heteroatoms. The fourth-order valence-corrected chi connectivity index (χ4v) is 3.32. The van der Waals surface area contributed by atoms with E-state index in [0.29, 0.717) is 21.4 Å². The zero-order valence-electron chi connectivity index (χ0n) is 14.0. The highest BCUT2D eigenvalue weighted by molar-refractivity contribution is 7.17. The molecule has 0 fully saturated rings. The van der Waals surface area contributed by atoms with E-state index in [2.05, 4.69) is 28.6 Å². The fraction of sp³-hybridized carbons (Fsp3) is 0.158. The van der Waals surface area contributed by atoms with Crippen LogP contribution < -0.4 is 10.6 Å². The van der Waals surface area contributed by atoms with E-state index in [1.54, 1.807) is 6.92 Å². The average molecular weight is 355 g/mol. The molecule has 3 aromatic rings. The first-order valence-electron chi connectivity index (χ1n) is 7.96. The summed E-state index contributed by atoms with van der Waals surface area (Å²) in [6.45, 7) is 3.89. The maximum absolute atomic E-state index is 13.0. The highest BCUT2D eigenvalue weighted by atomic mass is 32.1. The molecule has 0 aliphatic rings. The van der Waals surface area contributed by atoms with Gasteiger partial charge in [0.05, 0.1) is 5.69 Å². The van der Waals surface area contributed by atoms with Crippen molar-refractivity contribution in [2.24, 2.45) is 0 Å². The highest BCUT2D eigenvalue weighted by Gasteiger charge is 2.16. The molecule has 2 aromatic carbocycles.